The molecule has 5 heteroatoms. The minimum absolute atomic E-state index is 0.102. The topological polar surface area (TPSA) is 38.8 Å². The van der Waals surface area contributed by atoms with E-state index in [0.29, 0.717) is 13.0 Å². The molecule has 1 heterocycles. The third-order valence-corrected chi connectivity index (χ3v) is 4.08. The standard InChI is InChI=1S/C16H22BrNO3/c1-2-20-16(19)4-3-9-18-10-11-21-15(12-18)13-5-7-14(17)8-6-13/h5-8,15H,2-4,9-12H2,1H3. The number of carbonyl (C=O) groups is 1. The fourth-order valence-corrected chi connectivity index (χ4v) is 2.73. The highest BCUT2D eigenvalue weighted by molar-refractivity contribution is 9.10. The van der Waals surface area contributed by atoms with Gasteiger partial charge >= 0.3 is 5.97 Å². The maximum Gasteiger partial charge on any atom is 0.305 e. The van der Waals surface area contributed by atoms with E-state index in [1.807, 2.05) is 19.1 Å². The Kier molecular flexibility index (Phi) is 6.67. The highest BCUT2D eigenvalue weighted by Crippen LogP contribution is 2.23. The number of halogens is 1. The summed E-state index contributed by atoms with van der Waals surface area (Å²) in [5, 5.41) is 0. The van der Waals surface area contributed by atoms with Gasteiger partial charge in [-0.3, -0.25) is 9.69 Å². The van der Waals surface area contributed by atoms with Crippen LogP contribution < -0.4 is 0 Å². The molecule has 1 unspecified atom stereocenters. The molecule has 4 nitrogen and oxygen atoms in total. The second-order valence-electron chi connectivity index (χ2n) is 5.12. The maximum atomic E-state index is 11.3. The zero-order chi connectivity index (χ0) is 15.1. The van der Waals surface area contributed by atoms with Crippen molar-refractivity contribution in [1.82, 2.24) is 4.90 Å². The Balaban J connectivity index is 1.78. The summed E-state index contributed by atoms with van der Waals surface area (Å²) in [7, 11) is 0. The lowest BCUT2D eigenvalue weighted by Gasteiger charge is -2.33. The number of carbonyl (C=O) groups excluding carboxylic acids is 1. The predicted molar refractivity (Wildman–Crippen MR) is 85.1 cm³/mol. The van der Waals surface area contributed by atoms with Gasteiger partial charge in [0.2, 0.25) is 0 Å². The number of hydrogen-bond donors (Lipinski definition) is 0. The van der Waals surface area contributed by atoms with Crippen LogP contribution in [0.1, 0.15) is 31.4 Å². The molecule has 1 aliphatic heterocycles. The first-order chi connectivity index (χ1) is 10.2. The van der Waals surface area contributed by atoms with Crippen molar-refractivity contribution in [1.29, 1.82) is 0 Å². The van der Waals surface area contributed by atoms with Crippen LogP contribution in [0.5, 0.6) is 0 Å². The second-order valence-corrected chi connectivity index (χ2v) is 6.04. The number of ether oxygens (including phenoxy) is 2. The summed E-state index contributed by atoms with van der Waals surface area (Å²) in [4.78, 5) is 13.7. The lowest BCUT2D eigenvalue weighted by atomic mass is 10.1. The molecule has 1 fully saturated rings. The van der Waals surface area contributed by atoms with Crippen molar-refractivity contribution in [3.05, 3.63) is 34.3 Å². The first-order valence-corrected chi connectivity index (χ1v) is 8.23. The fraction of sp³-hybridized carbons (Fsp3) is 0.562. The van der Waals surface area contributed by atoms with Crippen molar-refractivity contribution < 1.29 is 14.3 Å². The van der Waals surface area contributed by atoms with Crippen LogP contribution in [0.2, 0.25) is 0 Å². The van der Waals surface area contributed by atoms with Crippen LogP contribution in [0.3, 0.4) is 0 Å². The quantitative estimate of drug-likeness (QED) is 0.734. The summed E-state index contributed by atoms with van der Waals surface area (Å²) in [6.07, 6.45) is 1.45. The Hall–Kier alpha value is -0.910. The monoisotopic (exact) mass is 355 g/mol. The Morgan fingerprint density at radius 3 is 2.90 bits per heavy atom. The van der Waals surface area contributed by atoms with E-state index in [1.165, 1.54) is 5.56 Å². The molecule has 1 aliphatic rings. The third-order valence-electron chi connectivity index (χ3n) is 3.55. The third kappa shape index (κ3) is 5.41. The normalized spacial score (nSPS) is 19.4. The van der Waals surface area contributed by atoms with E-state index < -0.39 is 0 Å². The van der Waals surface area contributed by atoms with Gasteiger partial charge in [0.25, 0.3) is 0 Å². The second kappa shape index (κ2) is 8.51. The molecule has 1 aromatic carbocycles. The Morgan fingerprint density at radius 2 is 2.19 bits per heavy atom. The summed E-state index contributed by atoms with van der Waals surface area (Å²) < 4.78 is 11.9. The fourth-order valence-electron chi connectivity index (χ4n) is 2.46. The number of benzene rings is 1. The summed E-state index contributed by atoms with van der Waals surface area (Å²) in [5.41, 5.74) is 1.20. The van der Waals surface area contributed by atoms with E-state index in [1.54, 1.807) is 0 Å². The molecule has 1 aromatic rings. The molecule has 0 saturated carbocycles. The number of hydrogen-bond acceptors (Lipinski definition) is 4. The summed E-state index contributed by atoms with van der Waals surface area (Å²) in [5.74, 6) is -0.102. The first kappa shape index (κ1) is 16.5. The Morgan fingerprint density at radius 1 is 1.43 bits per heavy atom. The van der Waals surface area contributed by atoms with Crippen molar-refractivity contribution in [2.24, 2.45) is 0 Å². The van der Waals surface area contributed by atoms with Crippen LogP contribution in [-0.2, 0) is 14.3 Å². The van der Waals surface area contributed by atoms with Gasteiger partial charge in [0.1, 0.15) is 0 Å². The Bertz CT molecular complexity index is 449. The molecule has 21 heavy (non-hydrogen) atoms. The molecular formula is C16H22BrNO3. The van der Waals surface area contributed by atoms with Crippen LogP contribution in [0, 0.1) is 0 Å². The van der Waals surface area contributed by atoms with Gasteiger partial charge in [-0.25, -0.2) is 0 Å². The van der Waals surface area contributed by atoms with Gasteiger partial charge in [0.15, 0.2) is 0 Å². The zero-order valence-electron chi connectivity index (χ0n) is 12.4. The van der Waals surface area contributed by atoms with Crippen LogP contribution in [0.15, 0.2) is 28.7 Å². The molecule has 2 rings (SSSR count). The van der Waals surface area contributed by atoms with Gasteiger partial charge in [-0.1, -0.05) is 28.1 Å². The number of morpholine rings is 1. The molecule has 0 bridgehead atoms. The van der Waals surface area contributed by atoms with Gasteiger partial charge in [-0.05, 0) is 37.6 Å². The van der Waals surface area contributed by atoms with Crippen LogP contribution in [0.25, 0.3) is 0 Å². The van der Waals surface area contributed by atoms with Crippen LogP contribution in [0.4, 0.5) is 0 Å². The summed E-state index contributed by atoms with van der Waals surface area (Å²) in [6, 6.07) is 8.27. The van der Waals surface area contributed by atoms with Crippen molar-refractivity contribution in [3.63, 3.8) is 0 Å². The molecule has 116 valence electrons. The van der Waals surface area contributed by atoms with Gasteiger partial charge in [-0.15, -0.1) is 0 Å². The van der Waals surface area contributed by atoms with E-state index in [0.717, 1.165) is 37.1 Å². The van der Waals surface area contributed by atoms with Crippen LogP contribution in [-0.4, -0.2) is 43.7 Å². The lowest BCUT2D eigenvalue weighted by Crippen LogP contribution is -2.39. The van der Waals surface area contributed by atoms with Gasteiger partial charge in [0.05, 0.1) is 19.3 Å². The summed E-state index contributed by atoms with van der Waals surface area (Å²) in [6.45, 7) is 5.75. The Labute approximate surface area is 134 Å². The molecular weight excluding hydrogens is 334 g/mol. The van der Waals surface area contributed by atoms with E-state index in [4.69, 9.17) is 9.47 Å². The maximum absolute atomic E-state index is 11.3. The largest absolute Gasteiger partial charge is 0.466 e. The van der Waals surface area contributed by atoms with E-state index in [9.17, 15) is 4.79 Å². The highest BCUT2D eigenvalue weighted by Gasteiger charge is 2.21. The zero-order valence-corrected chi connectivity index (χ0v) is 14.0. The highest BCUT2D eigenvalue weighted by atomic mass is 79.9. The predicted octanol–water partition coefficient (Wildman–Crippen LogP) is 3.17. The molecule has 0 aliphatic carbocycles. The lowest BCUT2D eigenvalue weighted by molar-refractivity contribution is -0.143. The van der Waals surface area contributed by atoms with E-state index >= 15 is 0 Å². The van der Waals surface area contributed by atoms with Crippen LogP contribution >= 0.6 is 15.9 Å². The molecule has 1 atom stereocenters. The SMILES string of the molecule is CCOC(=O)CCCN1CCOC(c2ccc(Br)cc2)C1. The number of rotatable bonds is 6. The molecule has 0 N–H and O–H groups in total. The van der Waals surface area contributed by atoms with Gasteiger partial charge in [0, 0.05) is 24.0 Å². The molecule has 0 amide bonds. The average molecular weight is 356 g/mol. The number of esters is 1. The molecule has 1 saturated heterocycles. The van der Waals surface area contributed by atoms with E-state index in [2.05, 4.69) is 33.0 Å². The van der Waals surface area contributed by atoms with Gasteiger partial charge in [-0.2, -0.15) is 0 Å². The first-order valence-electron chi connectivity index (χ1n) is 7.44. The van der Waals surface area contributed by atoms with E-state index in [-0.39, 0.29) is 12.1 Å². The summed E-state index contributed by atoms with van der Waals surface area (Å²) >= 11 is 3.45. The van der Waals surface area contributed by atoms with Crippen molar-refractivity contribution in [2.45, 2.75) is 25.9 Å². The minimum Gasteiger partial charge on any atom is -0.466 e. The van der Waals surface area contributed by atoms with Crippen molar-refractivity contribution in [3.8, 4) is 0 Å². The van der Waals surface area contributed by atoms with Gasteiger partial charge < -0.3 is 9.47 Å². The molecule has 0 aromatic heterocycles. The van der Waals surface area contributed by atoms with Crippen molar-refractivity contribution >= 4 is 21.9 Å². The molecule has 0 radical (unpaired) electrons. The average Bonchev–Trinajstić information content (AvgIpc) is 2.48. The minimum atomic E-state index is -0.102. The smallest absolute Gasteiger partial charge is 0.305 e. The van der Waals surface area contributed by atoms with Crippen molar-refractivity contribution in [2.75, 3.05) is 32.8 Å². The number of nitrogens with zero attached hydrogens (tertiary/aromatic N) is 1. The molecule has 0 spiro atoms.